The topological polar surface area (TPSA) is 52.5 Å². The standard InChI is InChI=1S/C24H24N4OS/c1-17-8-9-19-21(15-17)25-23(20-6-2-3-7-22(20)29)26-24(19)28-12-10-27(11-13-28)16-18-5-4-14-30-18/h2-9,14-15,29H,10-13,16H2,1H3. The monoisotopic (exact) mass is 416 g/mol. The molecular formula is C24H24N4OS. The van der Waals surface area contributed by atoms with Crippen LogP contribution in [0.5, 0.6) is 5.75 Å². The second-order valence-electron chi connectivity index (χ2n) is 7.75. The van der Waals surface area contributed by atoms with Crippen LogP contribution in [0.1, 0.15) is 10.4 Å². The van der Waals surface area contributed by atoms with E-state index in [9.17, 15) is 5.11 Å². The van der Waals surface area contributed by atoms with Crippen LogP contribution in [0, 0.1) is 6.92 Å². The molecule has 0 atom stereocenters. The quantitative estimate of drug-likeness (QED) is 0.523. The number of hydrogen-bond donors (Lipinski definition) is 1. The molecule has 1 N–H and O–H groups in total. The van der Waals surface area contributed by atoms with Gasteiger partial charge in [-0.15, -0.1) is 11.3 Å². The third-order valence-electron chi connectivity index (χ3n) is 5.61. The molecule has 0 amide bonds. The maximum absolute atomic E-state index is 10.3. The van der Waals surface area contributed by atoms with Crippen molar-refractivity contribution in [3.05, 3.63) is 70.4 Å². The van der Waals surface area contributed by atoms with Crippen LogP contribution in [0.3, 0.4) is 0 Å². The molecule has 2 aromatic carbocycles. The Labute approximate surface area is 180 Å². The number of anilines is 1. The Morgan fingerprint density at radius 1 is 0.967 bits per heavy atom. The first-order valence-electron chi connectivity index (χ1n) is 10.2. The van der Waals surface area contributed by atoms with Crippen LogP contribution in [-0.4, -0.2) is 46.2 Å². The molecule has 0 saturated carbocycles. The SMILES string of the molecule is Cc1ccc2c(N3CCN(Cc4cccs4)CC3)nc(-c3ccccc3O)nc2c1. The van der Waals surface area contributed by atoms with Gasteiger partial charge in [-0.2, -0.15) is 0 Å². The van der Waals surface area contributed by atoms with E-state index in [4.69, 9.17) is 9.97 Å². The van der Waals surface area contributed by atoms with Crippen LogP contribution < -0.4 is 4.90 Å². The van der Waals surface area contributed by atoms with E-state index in [1.807, 2.05) is 29.5 Å². The van der Waals surface area contributed by atoms with E-state index in [1.54, 1.807) is 6.07 Å². The number of phenols is 1. The molecule has 4 aromatic rings. The van der Waals surface area contributed by atoms with Crippen LogP contribution in [0.25, 0.3) is 22.3 Å². The third kappa shape index (κ3) is 3.76. The number of benzene rings is 2. The van der Waals surface area contributed by atoms with Crippen molar-refractivity contribution in [2.24, 2.45) is 0 Å². The summed E-state index contributed by atoms with van der Waals surface area (Å²) in [6, 6.07) is 17.9. The van der Waals surface area contributed by atoms with Gasteiger partial charge in [-0.3, -0.25) is 4.90 Å². The molecule has 1 aliphatic heterocycles. The number of phenolic OH excluding ortho intramolecular Hbond substituents is 1. The van der Waals surface area contributed by atoms with Gasteiger partial charge in [0.2, 0.25) is 0 Å². The van der Waals surface area contributed by atoms with Crippen molar-refractivity contribution in [2.45, 2.75) is 13.5 Å². The Kier molecular flexibility index (Phi) is 5.11. The average molecular weight is 417 g/mol. The first-order valence-corrected chi connectivity index (χ1v) is 11.1. The number of nitrogens with zero attached hydrogens (tertiary/aromatic N) is 4. The van der Waals surface area contributed by atoms with E-state index in [0.717, 1.165) is 55.0 Å². The lowest BCUT2D eigenvalue weighted by Gasteiger charge is -2.35. The van der Waals surface area contributed by atoms with Crippen molar-refractivity contribution in [1.82, 2.24) is 14.9 Å². The van der Waals surface area contributed by atoms with Gasteiger partial charge in [0, 0.05) is 43.0 Å². The lowest BCUT2D eigenvalue weighted by Crippen LogP contribution is -2.46. The Bertz CT molecular complexity index is 1170. The first kappa shape index (κ1) is 19.0. The van der Waals surface area contributed by atoms with Crippen molar-refractivity contribution in [1.29, 1.82) is 0 Å². The molecule has 1 fully saturated rings. The average Bonchev–Trinajstić information content (AvgIpc) is 3.27. The molecule has 0 radical (unpaired) electrons. The molecule has 1 saturated heterocycles. The van der Waals surface area contributed by atoms with E-state index >= 15 is 0 Å². The molecule has 3 heterocycles. The molecule has 30 heavy (non-hydrogen) atoms. The minimum Gasteiger partial charge on any atom is -0.507 e. The summed E-state index contributed by atoms with van der Waals surface area (Å²) >= 11 is 1.82. The van der Waals surface area contributed by atoms with Gasteiger partial charge in [0.25, 0.3) is 0 Å². The second-order valence-corrected chi connectivity index (χ2v) is 8.78. The van der Waals surface area contributed by atoms with Gasteiger partial charge in [0.15, 0.2) is 5.82 Å². The maximum atomic E-state index is 10.3. The lowest BCUT2D eigenvalue weighted by atomic mass is 10.1. The fraction of sp³-hybridized carbons (Fsp3) is 0.250. The van der Waals surface area contributed by atoms with E-state index in [0.29, 0.717) is 11.4 Å². The second kappa shape index (κ2) is 8.05. The zero-order valence-electron chi connectivity index (χ0n) is 17.0. The summed E-state index contributed by atoms with van der Waals surface area (Å²) in [6.45, 7) is 6.93. The Balaban J connectivity index is 1.48. The van der Waals surface area contributed by atoms with Gasteiger partial charge in [-0.1, -0.05) is 24.3 Å². The number of fused-ring (bicyclic) bond motifs is 1. The number of aromatic nitrogens is 2. The molecule has 152 valence electrons. The molecule has 0 spiro atoms. The van der Waals surface area contributed by atoms with Crippen molar-refractivity contribution < 1.29 is 5.11 Å². The normalized spacial score (nSPS) is 15.0. The van der Waals surface area contributed by atoms with E-state index < -0.39 is 0 Å². The molecule has 0 bridgehead atoms. The van der Waals surface area contributed by atoms with Crippen molar-refractivity contribution in [3.8, 4) is 17.1 Å². The highest BCUT2D eigenvalue weighted by molar-refractivity contribution is 7.09. The van der Waals surface area contributed by atoms with Gasteiger partial charge < -0.3 is 10.0 Å². The van der Waals surface area contributed by atoms with E-state index in [-0.39, 0.29) is 5.75 Å². The van der Waals surface area contributed by atoms with Crippen LogP contribution in [0.2, 0.25) is 0 Å². The highest BCUT2D eigenvalue weighted by Crippen LogP contribution is 2.32. The number of aromatic hydroxyl groups is 1. The highest BCUT2D eigenvalue weighted by Gasteiger charge is 2.22. The van der Waals surface area contributed by atoms with Crippen LogP contribution in [-0.2, 0) is 6.54 Å². The van der Waals surface area contributed by atoms with Gasteiger partial charge in [-0.05, 0) is 48.2 Å². The molecule has 1 aliphatic rings. The van der Waals surface area contributed by atoms with E-state index in [2.05, 4.69) is 52.4 Å². The zero-order chi connectivity index (χ0) is 20.5. The fourth-order valence-electron chi connectivity index (χ4n) is 3.99. The Morgan fingerprint density at radius 3 is 2.57 bits per heavy atom. The molecule has 5 nitrogen and oxygen atoms in total. The number of hydrogen-bond acceptors (Lipinski definition) is 6. The van der Waals surface area contributed by atoms with Crippen molar-refractivity contribution >= 4 is 28.1 Å². The zero-order valence-corrected chi connectivity index (χ0v) is 17.8. The number of rotatable bonds is 4. The van der Waals surface area contributed by atoms with Gasteiger partial charge in [0.05, 0.1) is 11.1 Å². The first-order chi connectivity index (χ1) is 14.7. The fourth-order valence-corrected chi connectivity index (χ4v) is 4.73. The lowest BCUT2D eigenvalue weighted by molar-refractivity contribution is 0.251. The molecule has 6 heteroatoms. The predicted octanol–water partition coefficient (Wildman–Crippen LogP) is 4.69. The summed E-state index contributed by atoms with van der Waals surface area (Å²) < 4.78 is 0. The Morgan fingerprint density at radius 2 is 1.80 bits per heavy atom. The minimum atomic E-state index is 0.205. The predicted molar refractivity (Wildman–Crippen MR) is 123 cm³/mol. The van der Waals surface area contributed by atoms with Gasteiger partial charge >= 0.3 is 0 Å². The van der Waals surface area contributed by atoms with Crippen LogP contribution >= 0.6 is 11.3 Å². The number of thiophene rings is 1. The number of piperazine rings is 1. The summed E-state index contributed by atoms with van der Waals surface area (Å²) in [5, 5.41) is 13.6. The van der Waals surface area contributed by atoms with Crippen molar-refractivity contribution in [3.63, 3.8) is 0 Å². The van der Waals surface area contributed by atoms with E-state index in [1.165, 1.54) is 4.88 Å². The van der Waals surface area contributed by atoms with Gasteiger partial charge in [-0.25, -0.2) is 9.97 Å². The summed E-state index contributed by atoms with van der Waals surface area (Å²) in [5.41, 5.74) is 2.74. The maximum Gasteiger partial charge on any atom is 0.165 e. The van der Waals surface area contributed by atoms with Crippen LogP contribution in [0.4, 0.5) is 5.82 Å². The molecule has 5 rings (SSSR count). The summed E-state index contributed by atoms with van der Waals surface area (Å²) in [5.74, 6) is 1.73. The largest absolute Gasteiger partial charge is 0.507 e. The smallest absolute Gasteiger partial charge is 0.165 e. The summed E-state index contributed by atoms with van der Waals surface area (Å²) in [7, 11) is 0. The summed E-state index contributed by atoms with van der Waals surface area (Å²) in [4.78, 5) is 16.0. The van der Waals surface area contributed by atoms with Crippen molar-refractivity contribution in [2.75, 3.05) is 31.1 Å². The molecule has 0 unspecified atom stereocenters. The molecule has 2 aromatic heterocycles. The van der Waals surface area contributed by atoms with Crippen LogP contribution in [0.15, 0.2) is 60.0 Å². The number of para-hydroxylation sites is 1. The Hall–Kier alpha value is -2.96. The molecular weight excluding hydrogens is 392 g/mol. The third-order valence-corrected chi connectivity index (χ3v) is 6.47. The minimum absolute atomic E-state index is 0.205. The highest BCUT2D eigenvalue weighted by atomic mass is 32.1. The summed E-state index contributed by atoms with van der Waals surface area (Å²) in [6.07, 6.45) is 0. The number of aryl methyl sites for hydroxylation is 1. The van der Waals surface area contributed by atoms with Gasteiger partial charge in [0.1, 0.15) is 11.6 Å². The molecule has 0 aliphatic carbocycles.